The van der Waals surface area contributed by atoms with E-state index < -0.39 is 0 Å². The van der Waals surface area contributed by atoms with Gasteiger partial charge in [-0.3, -0.25) is 19.4 Å². The Morgan fingerprint density at radius 1 is 1.09 bits per heavy atom. The lowest BCUT2D eigenvalue weighted by atomic mass is 9.86. The molecule has 1 aliphatic heterocycles. The van der Waals surface area contributed by atoms with E-state index in [2.05, 4.69) is 24.3 Å². The van der Waals surface area contributed by atoms with Crippen molar-refractivity contribution in [2.24, 2.45) is 5.92 Å². The predicted octanol–water partition coefficient (Wildman–Crippen LogP) is 3.93. The van der Waals surface area contributed by atoms with Gasteiger partial charge in [0.2, 0.25) is 5.91 Å². The van der Waals surface area contributed by atoms with Crippen molar-refractivity contribution in [1.29, 1.82) is 0 Å². The molecule has 0 radical (unpaired) electrons. The lowest BCUT2D eigenvalue weighted by Gasteiger charge is -2.27. The highest BCUT2D eigenvalue weighted by atomic mass is 16.2. The smallest absolute Gasteiger partial charge is 0.269 e. The van der Waals surface area contributed by atoms with E-state index in [1.165, 1.54) is 32.1 Å². The third kappa shape index (κ3) is 3.54. The van der Waals surface area contributed by atoms with Gasteiger partial charge in [0, 0.05) is 12.3 Å². The average Bonchev–Trinajstić information content (AvgIpc) is 2.74. The van der Waals surface area contributed by atoms with E-state index in [-0.39, 0.29) is 17.4 Å². The number of nitrogens with one attached hydrogen (secondary N) is 2. The Kier molecular flexibility index (Phi) is 4.93. The number of amides is 1. The summed E-state index contributed by atoms with van der Waals surface area (Å²) >= 11 is 0. The molecule has 1 aliphatic carbocycles. The number of hydrogen-bond donors (Lipinski definition) is 2. The molecule has 0 bridgehead atoms. The first-order chi connectivity index (χ1) is 11.1. The number of nitrogens with zero attached hydrogens (tertiary/aromatic N) is 1. The third-order valence-corrected chi connectivity index (χ3v) is 5.26. The van der Waals surface area contributed by atoms with E-state index in [0.29, 0.717) is 18.4 Å². The molecular weight excluding hydrogens is 290 g/mol. The fraction of sp³-hybridized carbons (Fsp3) is 0.778. The number of anilines is 1. The van der Waals surface area contributed by atoms with Gasteiger partial charge >= 0.3 is 0 Å². The Labute approximate surface area is 137 Å². The summed E-state index contributed by atoms with van der Waals surface area (Å²) in [7, 11) is 0. The Morgan fingerprint density at radius 3 is 2.39 bits per heavy atom. The Morgan fingerprint density at radius 2 is 1.74 bits per heavy atom. The van der Waals surface area contributed by atoms with Gasteiger partial charge in [-0.05, 0) is 25.2 Å². The van der Waals surface area contributed by atoms with Crippen LogP contribution < -0.4 is 10.9 Å². The number of rotatable bonds is 3. The van der Waals surface area contributed by atoms with Crippen LogP contribution in [-0.4, -0.2) is 15.7 Å². The van der Waals surface area contributed by atoms with Crippen LogP contribution in [0.3, 0.4) is 0 Å². The molecule has 1 fully saturated rings. The van der Waals surface area contributed by atoms with Crippen molar-refractivity contribution in [3.63, 3.8) is 0 Å². The molecule has 2 N–H and O–H groups in total. The average molecular weight is 319 g/mol. The molecular formula is C18H29N3O2. The molecule has 0 aromatic carbocycles. The molecule has 23 heavy (non-hydrogen) atoms. The zero-order valence-corrected chi connectivity index (χ0v) is 14.4. The molecule has 2 heterocycles. The molecule has 1 aromatic heterocycles. The second kappa shape index (κ2) is 6.93. The van der Waals surface area contributed by atoms with Crippen LogP contribution >= 0.6 is 0 Å². The number of aromatic nitrogens is 2. The molecule has 1 amide bonds. The molecule has 0 unspecified atom stereocenters. The number of carbonyl (C=O) groups is 1. The summed E-state index contributed by atoms with van der Waals surface area (Å²) in [5, 5.41) is 6.02. The Hall–Kier alpha value is -1.52. The number of H-pyrrole nitrogens is 1. The molecule has 0 spiro atoms. The molecule has 5 nitrogen and oxygen atoms in total. The highest BCUT2D eigenvalue weighted by molar-refractivity contribution is 5.93. The van der Waals surface area contributed by atoms with Gasteiger partial charge in [0.25, 0.3) is 5.56 Å². The largest absolute Gasteiger partial charge is 0.311 e. The van der Waals surface area contributed by atoms with Gasteiger partial charge in [0.1, 0.15) is 5.82 Å². The van der Waals surface area contributed by atoms with Crippen LogP contribution in [-0.2, 0) is 4.79 Å². The predicted molar refractivity (Wildman–Crippen MR) is 91.9 cm³/mol. The van der Waals surface area contributed by atoms with Crippen LogP contribution in [0, 0.1) is 5.92 Å². The maximum Gasteiger partial charge on any atom is 0.269 e. The van der Waals surface area contributed by atoms with Crippen LogP contribution in [0.15, 0.2) is 4.79 Å². The van der Waals surface area contributed by atoms with Gasteiger partial charge in [-0.15, -0.1) is 0 Å². The zero-order valence-electron chi connectivity index (χ0n) is 14.4. The van der Waals surface area contributed by atoms with Crippen LogP contribution in [0.1, 0.15) is 89.2 Å². The Balaban J connectivity index is 1.94. The third-order valence-electron chi connectivity index (χ3n) is 5.26. The molecule has 2 aliphatic rings. The molecule has 128 valence electrons. The fourth-order valence-corrected chi connectivity index (χ4v) is 4.21. The maximum atomic E-state index is 12.6. The molecule has 0 saturated heterocycles. The van der Waals surface area contributed by atoms with Gasteiger partial charge in [0.15, 0.2) is 0 Å². The number of carbonyl (C=O) groups excluding carboxylic acids is 1. The van der Waals surface area contributed by atoms with E-state index in [1.807, 2.05) is 4.68 Å². The normalized spacial score (nSPS) is 23.3. The van der Waals surface area contributed by atoms with E-state index in [4.69, 9.17) is 0 Å². The fourth-order valence-electron chi connectivity index (χ4n) is 4.21. The van der Waals surface area contributed by atoms with Crippen molar-refractivity contribution in [3.05, 3.63) is 15.9 Å². The van der Waals surface area contributed by atoms with E-state index >= 15 is 0 Å². The summed E-state index contributed by atoms with van der Waals surface area (Å²) in [6.07, 6.45) is 9.75. The minimum atomic E-state index is -0.00675. The number of hydrogen-bond acceptors (Lipinski definition) is 2. The van der Waals surface area contributed by atoms with Crippen LogP contribution in [0.25, 0.3) is 0 Å². The van der Waals surface area contributed by atoms with Crippen LogP contribution in [0.5, 0.6) is 0 Å². The topological polar surface area (TPSA) is 66.9 Å². The van der Waals surface area contributed by atoms with Crippen LogP contribution in [0.2, 0.25) is 0 Å². The van der Waals surface area contributed by atoms with Gasteiger partial charge in [-0.1, -0.05) is 46.0 Å². The van der Waals surface area contributed by atoms with Crippen molar-refractivity contribution < 1.29 is 4.79 Å². The van der Waals surface area contributed by atoms with Crippen molar-refractivity contribution in [2.45, 2.75) is 83.6 Å². The quantitative estimate of drug-likeness (QED) is 0.886. The molecule has 5 heteroatoms. The lowest BCUT2D eigenvalue weighted by molar-refractivity contribution is -0.117. The number of fused-ring (bicyclic) bond motifs is 1. The van der Waals surface area contributed by atoms with E-state index in [1.54, 1.807) is 0 Å². The number of aromatic amines is 1. The zero-order chi connectivity index (χ0) is 16.4. The van der Waals surface area contributed by atoms with E-state index in [9.17, 15) is 9.59 Å². The minimum Gasteiger partial charge on any atom is -0.311 e. The maximum absolute atomic E-state index is 12.6. The summed E-state index contributed by atoms with van der Waals surface area (Å²) in [6, 6.07) is 0.310. The van der Waals surface area contributed by atoms with Gasteiger partial charge in [0.05, 0.1) is 11.6 Å². The summed E-state index contributed by atoms with van der Waals surface area (Å²) in [5.74, 6) is 1.32. The summed E-state index contributed by atoms with van der Waals surface area (Å²) in [5.41, 5.74) is 0.799. The SMILES string of the molecule is CC(C)C[C@H]1CC(=O)Nc2c1c(=O)[nH]n2C1CCCCCCC1. The van der Waals surface area contributed by atoms with Crippen molar-refractivity contribution in [2.75, 3.05) is 5.32 Å². The first-order valence-electron chi connectivity index (χ1n) is 9.20. The molecule has 1 aromatic rings. The van der Waals surface area contributed by atoms with E-state index in [0.717, 1.165) is 30.6 Å². The second-order valence-electron chi connectivity index (χ2n) is 7.65. The van der Waals surface area contributed by atoms with Gasteiger partial charge in [-0.2, -0.15) is 0 Å². The Bertz CT molecular complexity index is 606. The van der Waals surface area contributed by atoms with Crippen molar-refractivity contribution in [3.8, 4) is 0 Å². The molecule has 3 rings (SSSR count). The van der Waals surface area contributed by atoms with Gasteiger partial charge < -0.3 is 5.32 Å². The highest BCUT2D eigenvalue weighted by Crippen LogP contribution is 2.37. The highest BCUT2D eigenvalue weighted by Gasteiger charge is 2.33. The summed E-state index contributed by atoms with van der Waals surface area (Å²) in [4.78, 5) is 24.7. The first-order valence-corrected chi connectivity index (χ1v) is 9.20. The van der Waals surface area contributed by atoms with Crippen LogP contribution in [0.4, 0.5) is 5.82 Å². The van der Waals surface area contributed by atoms with Crippen molar-refractivity contribution >= 4 is 11.7 Å². The first kappa shape index (κ1) is 16.3. The molecule has 1 saturated carbocycles. The monoisotopic (exact) mass is 319 g/mol. The minimum absolute atomic E-state index is 0.00675. The molecule has 1 atom stereocenters. The summed E-state index contributed by atoms with van der Waals surface area (Å²) in [6.45, 7) is 4.29. The summed E-state index contributed by atoms with van der Waals surface area (Å²) < 4.78 is 1.98. The lowest BCUT2D eigenvalue weighted by Crippen LogP contribution is -2.27. The standard InChI is InChI=1S/C18H29N3O2/c1-12(2)10-13-11-15(22)19-17-16(13)18(23)20-21(17)14-8-6-4-3-5-7-9-14/h12-14H,3-11H2,1-2H3,(H,19,22)(H,20,23)/t13-/m0/s1. The second-order valence-corrected chi connectivity index (χ2v) is 7.65. The van der Waals surface area contributed by atoms with Crippen molar-refractivity contribution in [1.82, 2.24) is 9.78 Å². The van der Waals surface area contributed by atoms with Gasteiger partial charge in [-0.25, -0.2) is 0 Å².